The molecule has 0 saturated heterocycles. The topological polar surface area (TPSA) is 62.8 Å². The second kappa shape index (κ2) is 9.35. The van der Waals surface area contributed by atoms with Gasteiger partial charge in [-0.1, -0.05) is 6.07 Å². The van der Waals surface area contributed by atoms with Gasteiger partial charge in [0, 0.05) is 37.6 Å². The van der Waals surface area contributed by atoms with Gasteiger partial charge in [-0.25, -0.2) is 0 Å². The SMILES string of the molecule is COc1cc(CNc2ccc(N(C)C)cc2)ccc1OCC(=O)NC(C)(C)C. The van der Waals surface area contributed by atoms with E-state index in [9.17, 15) is 4.79 Å². The Hall–Kier alpha value is -2.89. The van der Waals surface area contributed by atoms with Gasteiger partial charge in [0.05, 0.1) is 7.11 Å². The average molecular weight is 386 g/mol. The summed E-state index contributed by atoms with van der Waals surface area (Å²) in [5, 5.41) is 6.26. The third kappa shape index (κ3) is 6.68. The van der Waals surface area contributed by atoms with Crippen molar-refractivity contribution in [1.29, 1.82) is 0 Å². The Labute approximate surface area is 167 Å². The van der Waals surface area contributed by atoms with Crippen molar-refractivity contribution in [2.75, 3.05) is 38.0 Å². The Morgan fingerprint density at radius 3 is 2.29 bits per heavy atom. The summed E-state index contributed by atoms with van der Waals surface area (Å²) >= 11 is 0. The van der Waals surface area contributed by atoms with Crippen LogP contribution in [0.3, 0.4) is 0 Å². The minimum absolute atomic E-state index is 0.0521. The molecule has 6 nitrogen and oxygen atoms in total. The van der Waals surface area contributed by atoms with Crippen LogP contribution in [0.25, 0.3) is 0 Å². The number of carbonyl (C=O) groups excluding carboxylic acids is 1. The molecular weight excluding hydrogens is 354 g/mol. The molecule has 28 heavy (non-hydrogen) atoms. The molecular formula is C22H31N3O3. The summed E-state index contributed by atoms with van der Waals surface area (Å²) in [5.41, 5.74) is 2.97. The monoisotopic (exact) mass is 385 g/mol. The summed E-state index contributed by atoms with van der Waals surface area (Å²) in [6.45, 7) is 6.40. The summed E-state index contributed by atoms with van der Waals surface area (Å²) in [6, 6.07) is 14.0. The second-order valence-electron chi connectivity index (χ2n) is 7.87. The first-order valence-electron chi connectivity index (χ1n) is 9.30. The van der Waals surface area contributed by atoms with E-state index in [0.29, 0.717) is 18.0 Å². The van der Waals surface area contributed by atoms with Gasteiger partial charge in [-0.2, -0.15) is 0 Å². The maximum Gasteiger partial charge on any atom is 0.258 e. The number of ether oxygens (including phenoxy) is 2. The molecule has 0 aromatic heterocycles. The molecule has 0 heterocycles. The number of nitrogens with zero attached hydrogens (tertiary/aromatic N) is 1. The summed E-state index contributed by atoms with van der Waals surface area (Å²) in [6.07, 6.45) is 0. The highest BCUT2D eigenvalue weighted by Gasteiger charge is 2.15. The molecule has 6 heteroatoms. The summed E-state index contributed by atoms with van der Waals surface area (Å²) in [7, 11) is 5.63. The maximum absolute atomic E-state index is 11.9. The highest BCUT2D eigenvalue weighted by atomic mass is 16.5. The summed E-state index contributed by atoms with van der Waals surface area (Å²) < 4.78 is 11.1. The van der Waals surface area contributed by atoms with Crippen LogP contribution in [0.4, 0.5) is 11.4 Å². The van der Waals surface area contributed by atoms with Crippen molar-refractivity contribution >= 4 is 17.3 Å². The molecule has 0 aliphatic heterocycles. The number of rotatable bonds is 8. The first-order chi connectivity index (χ1) is 13.2. The number of carbonyl (C=O) groups is 1. The van der Waals surface area contributed by atoms with Crippen molar-refractivity contribution < 1.29 is 14.3 Å². The molecule has 0 aliphatic carbocycles. The van der Waals surface area contributed by atoms with Gasteiger partial charge in [0.25, 0.3) is 5.91 Å². The number of methoxy groups -OCH3 is 1. The molecule has 2 aromatic carbocycles. The molecule has 0 aliphatic rings. The van der Waals surface area contributed by atoms with Gasteiger partial charge < -0.3 is 25.0 Å². The lowest BCUT2D eigenvalue weighted by molar-refractivity contribution is -0.124. The number of hydrogen-bond donors (Lipinski definition) is 2. The Morgan fingerprint density at radius 1 is 1.04 bits per heavy atom. The molecule has 0 radical (unpaired) electrons. The van der Waals surface area contributed by atoms with E-state index in [1.165, 1.54) is 0 Å². The Kier molecular flexibility index (Phi) is 7.15. The quantitative estimate of drug-likeness (QED) is 0.726. The lowest BCUT2D eigenvalue weighted by Gasteiger charge is -2.20. The normalized spacial score (nSPS) is 10.9. The van der Waals surface area contributed by atoms with Crippen LogP contribution in [0, 0.1) is 0 Å². The van der Waals surface area contributed by atoms with E-state index in [1.807, 2.05) is 53.1 Å². The third-order valence-electron chi connectivity index (χ3n) is 3.98. The molecule has 1 amide bonds. The number of benzene rings is 2. The zero-order chi connectivity index (χ0) is 20.7. The molecule has 0 atom stereocenters. The van der Waals surface area contributed by atoms with Gasteiger partial charge in [-0.3, -0.25) is 4.79 Å². The van der Waals surface area contributed by atoms with Crippen LogP contribution in [-0.4, -0.2) is 39.3 Å². The lowest BCUT2D eigenvalue weighted by atomic mass is 10.1. The van der Waals surface area contributed by atoms with E-state index in [1.54, 1.807) is 7.11 Å². The molecule has 2 aromatic rings. The second-order valence-corrected chi connectivity index (χ2v) is 7.87. The minimum atomic E-state index is -0.287. The number of amides is 1. The van der Waals surface area contributed by atoms with Gasteiger partial charge in [0.1, 0.15) is 0 Å². The lowest BCUT2D eigenvalue weighted by Crippen LogP contribution is -2.43. The zero-order valence-corrected chi connectivity index (χ0v) is 17.6. The minimum Gasteiger partial charge on any atom is -0.493 e. The first-order valence-corrected chi connectivity index (χ1v) is 9.30. The van der Waals surface area contributed by atoms with Crippen LogP contribution in [0.15, 0.2) is 42.5 Å². The first kappa shape index (κ1) is 21.4. The molecule has 0 saturated carbocycles. The van der Waals surface area contributed by atoms with Gasteiger partial charge in [-0.05, 0) is 62.7 Å². The van der Waals surface area contributed by atoms with E-state index in [4.69, 9.17) is 9.47 Å². The van der Waals surface area contributed by atoms with Gasteiger partial charge in [0.15, 0.2) is 18.1 Å². The molecule has 0 spiro atoms. The number of nitrogens with one attached hydrogen (secondary N) is 2. The summed E-state index contributed by atoms with van der Waals surface area (Å²) in [4.78, 5) is 14.0. The standard InChI is InChI=1S/C22H31N3O3/c1-22(2,3)24-21(26)15-28-19-12-7-16(13-20(19)27-6)14-23-17-8-10-18(11-9-17)25(4)5/h7-13,23H,14-15H2,1-6H3,(H,24,26). The van der Waals surface area contributed by atoms with Gasteiger partial charge in [0.2, 0.25) is 0 Å². The molecule has 2 rings (SSSR count). The largest absolute Gasteiger partial charge is 0.493 e. The fourth-order valence-corrected chi connectivity index (χ4v) is 2.62. The van der Waals surface area contributed by atoms with Crippen molar-refractivity contribution in [1.82, 2.24) is 5.32 Å². The number of anilines is 2. The van der Waals surface area contributed by atoms with E-state index in [2.05, 4.69) is 39.8 Å². The van der Waals surface area contributed by atoms with E-state index in [0.717, 1.165) is 16.9 Å². The number of hydrogen-bond acceptors (Lipinski definition) is 5. The Balaban J connectivity index is 1.95. The van der Waals surface area contributed by atoms with Crippen LogP contribution in [0.2, 0.25) is 0 Å². The van der Waals surface area contributed by atoms with Gasteiger partial charge >= 0.3 is 0 Å². The molecule has 0 fully saturated rings. The Morgan fingerprint density at radius 2 is 1.71 bits per heavy atom. The van der Waals surface area contributed by atoms with Crippen LogP contribution >= 0.6 is 0 Å². The Bertz CT molecular complexity index is 781. The van der Waals surface area contributed by atoms with Crippen molar-refractivity contribution in [3.8, 4) is 11.5 Å². The third-order valence-corrected chi connectivity index (χ3v) is 3.98. The molecule has 2 N–H and O–H groups in total. The van der Waals surface area contributed by atoms with E-state index >= 15 is 0 Å². The van der Waals surface area contributed by atoms with Crippen LogP contribution in [0.1, 0.15) is 26.3 Å². The molecule has 0 bridgehead atoms. The van der Waals surface area contributed by atoms with Crippen LogP contribution in [-0.2, 0) is 11.3 Å². The smallest absolute Gasteiger partial charge is 0.258 e. The molecule has 0 unspecified atom stereocenters. The fraction of sp³-hybridized carbons (Fsp3) is 0.409. The highest BCUT2D eigenvalue weighted by Crippen LogP contribution is 2.28. The highest BCUT2D eigenvalue weighted by molar-refractivity contribution is 5.78. The predicted molar refractivity (Wildman–Crippen MR) is 114 cm³/mol. The van der Waals surface area contributed by atoms with Crippen LogP contribution in [0.5, 0.6) is 11.5 Å². The van der Waals surface area contributed by atoms with E-state index < -0.39 is 0 Å². The predicted octanol–water partition coefficient (Wildman–Crippen LogP) is 3.67. The zero-order valence-electron chi connectivity index (χ0n) is 17.6. The van der Waals surface area contributed by atoms with Crippen molar-refractivity contribution in [2.24, 2.45) is 0 Å². The molecule has 152 valence electrons. The fourth-order valence-electron chi connectivity index (χ4n) is 2.62. The van der Waals surface area contributed by atoms with Gasteiger partial charge in [-0.15, -0.1) is 0 Å². The average Bonchev–Trinajstić information content (AvgIpc) is 2.63. The van der Waals surface area contributed by atoms with E-state index in [-0.39, 0.29) is 18.1 Å². The van der Waals surface area contributed by atoms with Crippen molar-refractivity contribution in [3.05, 3.63) is 48.0 Å². The maximum atomic E-state index is 11.9. The summed E-state index contributed by atoms with van der Waals surface area (Å²) in [5.74, 6) is 0.984. The van der Waals surface area contributed by atoms with Crippen LogP contribution < -0.4 is 25.0 Å². The van der Waals surface area contributed by atoms with Crippen molar-refractivity contribution in [2.45, 2.75) is 32.9 Å². The van der Waals surface area contributed by atoms with Crippen molar-refractivity contribution in [3.63, 3.8) is 0 Å².